The largest absolute Gasteiger partial charge is 0.507 e. The zero-order chi connectivity index (χ0) is 14.5. The van der Waals surface area contributed by atoms with E-state index in [2.05, 4.69) is 18.6 Å². The predicted octanol–water partition coefficient (Wildman–Crippen LogP) is 2.89. The lowest BCUT2D eigenvalue weighted by Crippen LogP contribution is -2.32. The molecule has 0 aliphatic rings. The van der Waals surface area contributed by atoms with Gasteiger partial charge in [0, 0.05) is 6.04 Å². The zero-order valence-electron chi connectivity index (χ0n) is 11.8. The van der Waals surface area contributed by atoms with Gasteiger partial charge in [-0.1, -0.05) is 38.8 Å². The molecule has 0 aromatic heterocycles. The van der Waals surface area contributed by atoms with Crippen LogP contribution in [0.15, 0.2) is 29.2 Å². The topological polar surface area (TPSA) is 66.4 Å². The molecule has 19 heavy (non-hydrogen) atoms. The van der Waals surface area contributed by atoms with Gasteiger partial charge in [0.25, 0.3) is 0 Å². The van der Waals surface area contributed by atoms with E-state index in [0.717, 1.165) is 19.3 Å². The van der Waals surface area contributed by atoms with E-state index in [-0.39, 0.29) is 16.7 Å². The Hall–Kier alpha value is -1.07. The second-order valence-electron chi connectivity index (χ2n) is 5.31. The van der Waals surface area contributed by atoms with Crippen LogP contribution in [0, 0.1) is 5.92 Å². The molecule has 0 heterocycles. The molecule has 1 atom stereocenters. The summed E-state index contributed by atoms with van der Waals surface area (Å²) in [4.78, 5) is -0.0642. The molecule has 0 saturated heterocycles. The lowest BCUT2D eigenvalue weighted by molar-refractivity contribution is 0.455. The maximum absolute atomic E-state index is 12.1. The summed E-state index contributed by atoms with van der Waals surface area (Å²) in [5, 5.41) is 9.59. The number of benzene rings is 1. The molecule has 2 N–H and O–H groups in total. The molecule has 0 amide bonds. The molecule has 4 nitrogen and oxygen atoms in total. The number of para-hydroxylation sites is 1. The molecule has 0 bridgehead atoms. The van der Waals surface area contributed by atoms with Crippen molar-refractivity contribution < 1.29 is 13.5 Å². The molecule has 5 heteroatoms. The third kappa shape index (κ3) is 5.20. The second kappa shape index (κ2) is 6.91. The van der Waals surface area contributed by atoms with Gasteiger partial charge in [-0.2, -0.15) is 0 Å². The monoisotopic (exact) mass is 285 g/mol. The highest BCUT2D eigenvalue weighted by Gasteiger charge is 2.20. The Bertz CT molecular complexity index is 497. The highest BCUT2D eigenvalue weighted by Crippen LogP contribution is 2.21. The van der Waals surface area contributed by atoms with Crippen LogP contribution >= 0.6 is 0 Å². The Morgan fingerprint density at radius 1 is 1.16 bits per heavy atom. The fourth-order valence-electron chi connectivity index (χ4n) is 1.90. The molecule has 1 aromatic rings. The van der Waals surface area contributed by atoms with Crippen molar-refractivity contribution in [2.24, 2.45) is 5.92 Å². The number of hydrogen-bond acceptors (Lipinski definition) is 3. The Balaban J connectivity index is 2.63. The van der Waals surface area contributed by atoms with Crippen molar-refractivity contribution in [2.75, 3.05) is 0 Å². The maximum atomic E-state index is 12.1. The van der Waals surface area contributed by atoms with Crippen LogP contribution in [-0.4, -0.2) is 19.6 Å². The first-order valence-corrected chi connectivity index (χ1v) is 8.11. The van der Waals surface area contributed by atoms with Gasteiger partial charge in [-0.3, -0.25) is 0 Å². The molecular weight excluding hydrogens is 262 g/mol. The average Bonchev–Trinajstić information content (AvgIpc) is 2.27. The number of rotatable bonds is 7. The van der Waals surface area contributed by atoms with Gasteiger partial charge < -0.3 is 5.11 Å². The second-order valence-corrected chi connectivity index (χ2v) is 7.00. The third-order valence-corrected chi connectivity index (χ3v) is 4.57. The summed E-state index contributed by atoms with van der Waals surface area (Å²) in [6.45, 7) is 6.14. The van der Waals surface area contributed by atoms with Crippen LogP contribution < -0.4 is 4.72 Å². The van der Waals surface area contributed by atoms with Gasteiger partial charge in [-0.25, -0.2) is 13.1 Å². The Morgan fingerprint density at radius 3 is 2.37 bits per heavy atom. The van der Waals surface area contributed by atoms with Crippen molar-refractivity contribution in [3.63, 3.8) is 0 Å². The number of nitrogens with one attached hydrogen (secondary N) is 1. The van der Waals surface area contributed by atoms with Crippen LogP contribution in [0.1, 0.15) is 40.0 Å². The number of aromatic hydroxyl groups is 1. The van der Waals surface area contributed by atoms with Crippen LogP contribution in [0.4, 0.5) is 0 Å². The van der Waals surface area contributed by atoms with Gasteiger partial charge in [0.05, 0.1) is 0 Å². The quantitative estimate of drug-likeness (QED) is 0.809. The fraction of sp³-hybridized carbons (Fsp3) is 0.571. The first-order valence-electron chi connectivity index (χ1n) is 6.63. The molecule has 1 unspecified atom stereocenters. The summed E-state index contributed by atoms with van der Waals surface area (Å²) in [6, 6.07) is 5.83. The van der Waals surface area contributed by atoms with Crippen molar-refractivity contribution in [3.05, 3.63) is 24.3 Å². The van der Waals surface area contributed by atoms with E-state index >= 15 is 0 Å². The number of phenols is 1. The van der Waals surface area contributed by atoms with Crippen molar-refractivity contribution >= 4 is 10.0 Å². The molecule has 0 saturated carbocycles. The SMILES string of the molecule is CC(C)CCCC(C)NS(=O)(=O)c1ccccc1O. The summed E-state index contributed by atoms with van der Waals surface area (Å²) in [7, 11) is -3.64. The van der Waals surface area contributed by atoms with E-state index in [1.54, 1.807) is 12.1 Å². The summed E-state index contributed by atoms with van der Waals surface area (Å²) in [5.41, 5.74) is 0. The van der Waals surface area contributed by atoms with Crippen molar-refractivity contribution in [3.8, 4) is 5.75 Å². The number of hydrogen-bond donors (Lipinski definition) is 2. The van der Waals surface area contributed by atoms with Crippen molar-refractivity contribution in [2.45, 2.75) is 51.0 Å². The number of sulfonamides is 1. The van der Waals surface area contributed by atoms with Crippen molar-refractivity contribution in [1.82, 2.24) is 4.72 Å². The minimum absolute atomic E-state index is 0.0642. The molecule has 1 rings (SSSR count). The summed E-state index contributed by atoms with van der Waals surface area (Å²) in [5.74, 6) is 0.409. The lowest BCUT2D eigenvalue weighted by Gasteiger charge is -2.15. The average molecular weight is 285 g/mol. The van der Waals surface area contributed by atoms with E-state index < -0.39 is 10.0 Å². The van der Waals surface area contributed by atoms with Gasteiger partial charge in [-0.15, -0.1) is 0 Å². The van der Waals surface area contributed by atoms with E-state index in [1.807, 2.05) is 6.92 Å². The molecule has 0 fully saturated rings. The highest BCUT2D eigenvalue weighted by molar-refractivity contribution is 7.89. The van der Waals surface area contributed by atoms with Gasteiger partial charge in [0.15, 0.2) is 0 Å². The molecule has 0 aliphatic heterocycles. The normalized spacial score (nSPS) is 13.7. The molecule has 1 aromatic carbocycles. The summed E-state index contributed by atoms with van der Waals surface area (Å²) < 4.78 is 26.8. The van der Waals surface area contributed by atoms with E-state index in [4.69, 9.17) is 0 Å². The standard InChI is InChI=1S/C14H23NO3S/c1-11(2)7-6-8-12(3)15-19(17,18)14-10-5-4-9-13(14)16/h4-5,9-12,15-16H,6-8H2,1-3H3. The molecule has 0 aliphatic carbocycles. The smallest absolute Gasteiger partial charge is 0.244 e. The van der Waals surface area contributed by atoms with Crippen molar-refractivity contribution in [1.29, 1.82) is 0 Å². The minimum Gasteiger partial charge on any atom is -0.507 e. The third-order valence-electron chi connectivity index (χ3n) is 2.93. The summed E-state index contributed by atoms with van der Waals surface area (Å²) in [6.07, 6.45) is 2.87. The van der Waals surface area contributed by atoms with E-state index in [0.29, 0.717) is 5.92 Å². The summed E-state index contributed by atoms with van der Waals surface area (Å²) >= 11 is 0. The molecule has 108 valence electrons. The minimum atomic E-state index is -3.64. The van der Waals surface area contributed by atoms with E-state index in [9.17, 15) is 13.5 Å². The predicted molar refractivity (Wildman–Crippen MR) is 76.6 cm³/mol. The molecule has 0 spiro atoms. The first-order chi connectivity index (χ1) is 8.83. The van der Waals surface area contributed by atoms with Gasteiger partial charge in [0.1, 0.15) is 10.6 Å². The fourth-order valence-corrected chi connectivity index (χ4v) is 3.28. The van der Waals surface area contributed by atoms with Gasteiger partial charge in [-0.05, 0) is 31.4 Å². The van der Waals surface area contributed by atoms with Crippen LogP contribution in [0.2, 0.25) is 0 Å². The van der Waals surface area contributed by atoms with Gasteiger partial charge in [0.2, 0.25) is 10.0 Å². The maximum Gasteiger partial charge on any atom is 0.244 e. The Kier molecular flexibility index (Phi) is 5.82. The highest BCUT2D eigenvalue weighted by atomic mass is 32.2. The van der Waals surface area contributed by atoms with Crippen LogP contribution in [0.5, 0.6) is 5.75 Å². The van der Waals surface area contributed by atoms with Crippen LogP contribution in [0.25, 0.3) is 0 Å². The molecule has 0 radical (unpaired) electrons. The Morgan fingerprint density at radius 2 is 1.79 bits per heavy atom. The van der Waals surface area contributed by atoms with Gasteiger partial charge >= 0.3 is 0 Å². The van der Waals surface area contributed by atoms with Crippen LogP contribution in [0.3, 0.4) is 0 Å². The first kappa shape index (κ1) is 16.0. The number of phenolic OH excluding ortho intramolecular Hbond substituents is 1. The zero-order valence-corrected chi connectivity index (χ0v) is 12.6. The molecular formula is C14H23NO3S. The van der Waals surface area contributed by atoms with E-state index in [1.165, 1.54) is 12.1 Å². The lowest BCUT2D eigenvalue weighted by atomic mass is 10.0. The Labute approximate surface area is 115 Å². The van der Waals surface area contributed by atoms with Crippen LogP contribution in [-0.2, 0) is 10.0 Å².